The first kappa shape index (κ1) is 13.7. The Bertz CT molecular complexity index is 717. The largest absolute Gasteiger partial charge is 0.312 e. The number of hydrogen-bond donors (Lipinski definition) is 1. The molecule has 0 amide bonds. The van der Waals surface area contributed by atoms with Crippen molar-refractivity contribution in [3.63, 3.8) is 0 Å². The molecule has 0 spiro atoms. The van der Waals surface area contributed by atoms with Crippen molar-refractivity contribution in [1.29, 1.82) is 0 Å². The molecule has 0 unspecified atom stereocenters. The number of aromatic nitrogens is 1. The van der Waals surface area contributed by atoms with Crippen molar-refractivity contribution in [3.8, 4) is 0 Å². The van der Waals surface area contributed by atoms with E-state index in [9.17, 15) is 4.39 Å². The van der Waals surface area contributed by atoms with E-state index in [0.717, 1.165) is 30.5 Å². The van der Waals surface area contributed by atoms with Crippen molar-refractivity contribution >= 4 is 10.8 Å². The van der Waals surface area contributed by atoms with Crippen LogP contribution in [0.3, 0.4) is 0 Å². The summed E-state index contributed by atoms with van der Waals surface area (Å²) in [4.78, 5) is 4.28. The zero-order chi connectivity index (χ0) is 14.5. The molecule has 106 valence electrons. The lowest BCUT2D eigenvalue weighted by atomic mass is 10.1. The van der Waals surface area contributed by atoms with Gasteiger partial charge in [0.05, 0.1) is 0 Å². The first-order chi connectivity index (χ1) is 10.3. The van der Waals surface area contributed by atoms with Gasteiger partial charge in [0.15, 0.2) is 0 Å². The molecule has 1 heterocycles. The highest BCUT2D eigenvalue weighted by Crippen LogP contribution is 2.16. The van der Waals surface area contributed by atoms with Gasteiger partial charge in [-0.05, 0) is 41.6 Å². The molecule has 0 saturated carbocycles. The van der Waals surface area contributed by atoms with E-state index in [-0.39, 0.29) is 5.82 Å². The zero-order valence-corrected chi connectivity index (χ0v) is 11.7. The first-order valence-electron chi connectivity index (χ1n) is 7.10. The Morgan fingerprint density at radius 3 is 2.62 bits per heavy atom. The number of benzene rings is 2. The molecule has 1 N–H and O–H groups in total. The number of hydrogen-bond acceptors (Lipinski definition) is 2. The lowest BCUT2D eigenvalue weighted by Gasteiger charge is -2.08. The average Bonchev–Trinajstić information content (AvgIpc) is 2.53. The third-order valence-electron chi connectivity index (χ3n) is 3.57. The van der Waals surface area contributed by atoms with E-state index in [1.807, 2.05) is 36.7 Å². The number of pyridine rings is 1. The van der Waals surface area contributed by atoms with Crippen LogP contribution in [0.4, 0.5) is 4.39 Å². The maximum absolute atomic E-state index is 12.8. The third kappa shape index (κ3) is 3.44. The smallest absolute Gasteiger partial charge is 0.123 e. The molecule has 3 heteroatoms. The van der Waals surface area contributed by atoms with Crippen LogP contribution in [0.2, 0.25) is 0 Å². The average molecular weight is 280 g/mol. The van der Waals surface area contributed by atoms with Crippen LogP contribution in [0.5, 0.6) is 0 Å². The van der Waals surface area contributed by atoms with Gasteiger partial charge in [0, 0.05) is 24.3 Å². The highest BCUT2D eigenvalue weighted by Gasteiger charge is 2.00. The molecule has 0 aliphatic heterocycles. The number of rotatable bonds is 5. The molecule has 0 radical (unpaired) electrons. The molecule has 21 heavy (non-hydrogen) atoms. The van der Waals surface area contributed by atoms with Gasteiger partial charge in [-0.3, -0.25) is 4.98 Å². The Balaban J connectivity index is 1.58. The van der Waals surface area contributed by atoms with Gasteiger partial charge < -0.3 is 5.32 Å². The highest BCUT2D eigenvalue weighted by molar-refractivity contribution is 5.84. The van der Waals surface area contributed by atoms with Gasteiger partial charge in [-0.1, -0.05) is 36.4 Å². The number of nitrogens with zero attached hydrogens (tertiary/aromatic N) is 1. The Morgan fingerprint density at radius 1 is 0.952 bits per heavy atom. The van der Waals surface area contributed by atoms with E-state index in [1.54, 1.807) is 0 Å². The standard InChI is InChI=1S/C18H17FN2/c19-17-7-5-14(6-8-17)9-10-20-12-16-13-21-11-15-3-1-2-4-18(15)16/h1-8,11,13,20H,9-10,12H2. The predicted molar refractivity (Wildman–Crippen MR) is 83.6 cm³/mol. The minimum absolute atomic E-state index is 0.187. The molecule has 0 aliphatic rings. The van der Waals surface area contributed by atoms with Gasteiger partial charge >= 0.3 is 0 Å². The molecule has 0 atom stereocenters. The predicted octanol–water partition coefficient (Wildman–Crippen LogP) is 3.71. The summed E-state index contributed by atoms with van der Waals surface area (Å²) in [7, 11) is 0. The minimum Gasteiger partial charge on any atom is -0.312 e. The monoisotopic (exact) mass is 280 g/mol. The van der Waals surface area contributed by atoms with Gasteiger partial charge in [0.25, 0.3) is 0 Å². The van der Waals surface area contributed by atoms with Crippen molar-refractivity contribution in [2.45, 2.75) is 13.0 Å². The molecule has 0 aliphatic carbocycles. The van der Waals surface area contributed by atoms with Crippen LogP contribution in [0.25, 0.3) is 10.8 Å². The molecule has 1 aromatic heterocycles. The van der Waals surface area contributed by atoms with E-state index in [0.29, 0.717) is 0 Å². The second-order valence-electron chi connectivity index (χ2n) is 5.07. The Hall–Kier alpha value is -2.26. The second kappa shape index (κ2) is 6.46. The fourth-order valence-electron chi connectivity index (χ4n) is 2.43. The van der Waals surface area contributed by atoms with Crippen molar-refractivity contribution in [2.24, 2.45) is 0 Å². The molecule has 3 aromatic rings. The van der Waals surface area contributed by atoms with Crippen LogP contribution in [-0.4, -0.2) is 11.5 Å². The summed E-state index contributed by atoms with van der Waals surface area (Å²) in [5.41, 5.74) is 2.34. The molecule has 0 saturated heterocycles. The zero-order valence-electron chi connectivity index (χ0n) is 11.7. The third-order valence-corrected chi connectivity index (χ3v) is 3.57. The van der Waals surface area contributed by atoms with Gasteiger partial charge in [0.2, 0.25) is 0 Å². The summed E-state index contributed by atoms with van der Waals surface area (Å²) in [6, 6.07) is 14.9. The summed E-state index contributed by atoms with van der Waals surface area (Å²) >= 11 is 0. The quantitative estimate of drug-likeness (QED) is 0.721. The fraction of sp³-hybridized carbons (Fsp3) is 0.167. The number of halogens is 1. The SMILES string of the molecule is Fc1ccc(CCNCc2cncc3ccccc23)cc1. The van der Waals surface area contributed by atoms with Crippen molar-refractivity contribution < 1.29 is 4.39 Å². The second-order valence-corrected chi connectivity index (χ2v) is 5.07. The topological polar surface area (TPSA) is 24.9 Å². The van der Waals surface area contributed by atoms with Crippen molar-refractivity contribution in [3.05, 3.63) is 77.9 Å². The van der Waals surface area contributed by atoms with E-state index in [4.69, 9.17) is 0 Å². The lowest BCUT2D eigenvalue weighted by molar-refractivity contribution is 0.626. The van der Waals surface area contributed by atoms with E-state index >= 15 is 0 Å². The first-order valence-corrected chi connectivity index (χ1v) is 7.10. The summed E-state index contributed by atoms with van der Waals surface area (Å²) in [6.45, 7) is 1.64. The summed E-state index contributed by atoms with van der Waals surface area (Å²) in [5.74, 6) is -0.187. The maximum Gasteiger partial charge on any atom is 0.123 e. The fourth-order valence-corrected chi connectivity index (χ4v) is 2.43. The maximum atomic E-state index is 12.8. The highest BCUT2D eigenvalue weighted by atomic mass is 19.1. The van der Waals surface area contributed by atoms with Crippen molar-refractivity contribution in [1.82, 2.24) is 10.3 Å². The summed E-state index contributed by atoms with van der Waals surface area (Å²) in [5, 5.41) is 5.82. The summed E-state index contributed by atoms with van der Waals surface area (Å²) < 4.78 is 12.8. The number of fused-ring (bicyclic) bond motifs is 1. The van der Waals surface area contributed by atoms with Gasteiger partial charge in [-0.2, -0.15) is 0 Å². The number of nitrogens with one attached hydrogen (secondary N) is 1. The Labute approximate surface area is 123 Å². The van der Waals surface area contributed by atoms with Crippen LogP contribution in [-0.2, 0) is 13.0 Å². The molecule has 0 fully saturated rings. The van der Waals surface area contributed by atoms with E-state index in [2.05, 4.69) is 22.4 Å². The van der Waals surface area contributed by atoms with E-state index < -0.39 is 0 Å². The lowest BCUT2D eigenvalue weighted by Crippen LogP contribution is -2.17. The molecule has 3 rings (SSSR count). The molecular formula is C18H17FN2. The van der Waals surface area contributed by atoms with Crippen LogP contribution in [0.1, 0.15) is 11.1 Å². The minimum atomic E-state index is -0.187. The van der Waals surface area contributed by atoms with Crippen LogP contribution >= 0.6 is 0 Å². The molecule has 2 nitrogen and oxygen atoms in total. The van der Waals surface area contributed by atoms with Gasteiger partial charge in [-0.15, -0.1) is 0 Å². The normalized spacial score (nSPS) is 10.9. The Morgan fingerprint density at radius 2 is 1.76 bits per heavy atom. The van der Waals surface area contributed by atoms with Crippen LogP contribution < -0.4 is 5.32 Å². The van der Waals surface area contributed by atoms with Crippen molar-refractivity contribution in [2.75, 3.05) is 6.54 Å². The van der Waals surface area contributed by atoms with Crippen LogP contribution in [0.15, 0.2) is 60.9 Å². The van der Waals surface area contributed by atoms with Crippen LogP contribution in [0, 0.1) is 5.82 Å². The van der Waals surface area contributed by atoms with Gasteiger partial charge in [-0.25, -0.2) is 4.39 Å². The molecule has 2 aromatic carbocycles. The summed E-state index contributed by atoms with van der Waals surface area (Å²) in [6.07, 6.45) is 4.68. The molecule has 0 bridgehead atoms. The Kier molecular flexibility index (Phi) is 4.22. The van der Waals surface area contributed by atoms with Gasteiger partial charge in [0.1, 0.15) is 5.82 Å². The van der Waals surface area contributed by atoms with E-state index in [1.165, 1.54) is 23.1 Å². The molecular weight excluding hydrogens is 263 g/mol.